The van der Waals surface area contributed by atoms with Gasteiger partial charge in [0.1, 0.15) is 0 Å². The van der Waals surface area contributed by atoms with Crippen LogP contribution in [0.15, 0.2) is 0 Å². The molecule has 0 radical (unpaired) electrons. The third-order valence-electron chi connectivity index (χ3n) is 2.61. The smallest absolute Gasteiger partial charge is 0.211 e. The van der Waals surface area contributed by atoms with Crippen LogP contribution in [0.2, 0.25) is 0 Å². The lowest BCUT2D eigenvalue weighted by Gasteiger charge is -2.09. The average Bonchev–Trinajstić information content (AvgIpc) is 2.38. The minimum atomic E-state index is -3.13. The Labute approximate surface area is 123 Å². The van der Waals surface area contributed by atoms with Gasteiger partial charge in [0.2, 0.25) is 10.0 Å². The molecule has 0 saturated heterocycles. The molecule has 0 aliphatic carbocycles. The van der Waals surface area contributed by atoms with Crippen LogP contribution in [-0.2, 0) is 19.5 Å². The van der Waals surface area contributed by atoms with Gasteiger partial charge in [0, 0.05) is 26.3 Å². The molecule has 0 rings (SSSR count). The van der Waals surface area contributed by atoms with Crippen LogP contribution in [0.25, 0.3) is 0 Å². The highest BCUT2D eigenvalue weighted by molar-refractivity contribution is 7.89. The van der Waals surface area contributed by atoms with Crippen LogP contribution in [0.1, 0.15) is 33.1 Å². The van der Waals surface area contributed by atoms with E-state index in [9.17, 15) is 8.42 Å². The Morgan fingerprint density at radius 2 is 1.75 bits per heavy atom. The molecule has 0 heterocycles. The summed E-state index contributed by atoms with van der Waals surface area (Å²) in [5, 5.41) is 3.20. The molecule has 0 atom stereocenters. The molecule has 0 bridgehead atoms. The van der Waals surface area contributed by atoms with Gasteiger partial charge in [-0.25, -0.2) is 13.1 Å². The highest BCUT2D eigenvalue weighted by Crippen LogP contribution is 1.93. The number of hydrogen-bond donors (Lipinski definition) is 2. The van der Waals surface area contributed by atoms with Crippen LogP contribution in [0.5, 0.6) is 0 Å². The lowest BCUT2D eigenvalue weighted by Crippen LogP contribution is -2.30. The molecule has 0 aromatic rings. The summed E-state index contributed by atoms with van der Waals surface area (Å²) in [6, 6.07) is 0.392. The zero-order valence-corrected chi connectivity index (χ0v) is 13.8. The number of ether oxygens (including phenoxy) is 2. The maximum atomic E-state index is 11.7. The summed E-state index contributed by atoms with van der Waals surface area (Å²) in [7, 11) is -1.50. The molecular formula is C13H30N2O4S. The molecule has 7 heteroatoms. The third-order valence-corrected chi connectivity index (χ3v) is 4.08. The summed E-state index contributed by atoms with van der Waals surface area (Å²) < 4.78 is 36.1. The van der Waals surface area contributed by atoms with Gasteiger partial charge in [-0.15, -0.1) is 0 Å². The van der Waals surface area contributed by atoms with Crippen molar-refractivity contribution in [3.8, 4) is 0 Å². The Bertz CT molecular complexity index is 307. The Morgan fingerprint density at radius 1 is 1.00 bits per heavy atom. The number of sulfonamides is 1. The van der Waals surface area contributed by atoms with E-state index in [-0.39, 0.29) is 5.75 Å². The summed E-state index contributed by atoms with van der Waals surface area (Å²) in [6.07, 6.45) is 2.27. The Kier molecular flexibility index (Phi) is 12.4. The van der Waals surface area contributed by atoms with Crippen LogP contribution >= 0.6 is 0 Å². The van der Waals surface area contributed by atoms with Gasteiger partial charge >= 0.3 is 0 Å². The van der Waals surface area contributed by atoms with E-state index in [1.807, 2.05) is 13.8 Å². The largest absolute Gasteiger partial charge is 0.382 e. The van der Waals surface area contributed by atoms with Crippen molar-refractivity contribution in [1.82, 2.24) is 10.0 Å². The SMILES string of the molecule is COCCOCCCCNS(=O)(=O)CCCNC(C)C. The summed E-state index contributed by atoms with van der Waals surface area (Å²) in [4.78, 5) is 0. The fourth-order valence-electron chi connectivity index (χ4n) is 1.53. The minimum Gasteiger partial charge on any atom is -0.382 e. The fourth-order valence-corrected chi connectivity index (χ4v) is 2.65. The van der Waals surface area contributed by atoms with Crippen molar-refractivity contribution >= 4 is 10.0 Å². The van der Waals surface area contributed by atoms with E-state index in [2.05, 4.69) is 10.0 Å². The number of rotatable bonds is 14. The number of nitrogens with one attached hydrogen (secondary N) is 2. The number of unbranched alkanes of at least 4 members (excludes halogenated alkanes) is 1. The fraction of sp³-hybridized carbons (Fsp3) is 1.00. The maximum absolute atomic E-state index is 11.7. The second-order valence-electron chi connectivity index (χ2n) is 4.99. The molecule has 6 nitrogen and oxygen atoms in total. The topological polar surface area (TPSA) is 76.7 Å². The maximum Gasteiger partial charge on any atom is 0.211 e. The van der Waals surface area contributed by atoms with Gasteiger partial charge in [0.25, 0.3) is 0 Å². The first-order valence-corrected chi connectivity index (χ1v) is 8.90. The second kappa shape index (κ2) is 12.5. The van der Waals surface area contributed by atoms with E-state index < -0.39 is 10.0 Å². The lowest BCUT2D eigenvalue weighted by atomic mass is 10.3. The quantitative estimate of drug-likeness (QED) is 0.463. The highest BCUT2D eigenvalue weighted by Gasteiger charge is 2.08. The number of methoxy groups -OCH3 is 1. The molecular weight excluding hydrogens is 280 g/mol. The molecule has 0 amide bonds. The van der Waals surface area contributed by atoms with Gasteiger partial charge in [0.15, 0.2) is 0 Å². The Balaban J connectivity index is 3.43. The predicted molar refractivity (Wildman–Crippen MR) is 81.5 cm³/mol. The van der Waals surface area contributed by atoms with Crippen LogP contribution in [-0.4, -0.2) is 60.2 Å². The van der Waals surface area contributed by atoms with Crippen molar-refractivity contribution in [1.29, 1.82) is 0 Å². The standard InChI is InChI=1S/C13H30N2O4S/c1-13(2)14-7-6-12-20(16,17)15-8-4-5-9-19-11-10-18-3/h13-15H,4-12H2,1-3H3. The molecule has 0 spiro atoms. The Morgan fingerprint density at radius 3 is 2.40 bits per heavy atom. The first-order chi connectivity index (χ1) is 9.48. The molecule has 0 fully saturated rings. The molecule has 2 N–H and O–H groups in total. The number of hydrogen-bond acceptors (Lipinski definition) is 5. The molecule has 0 aromatic carbocycles. The molecule has 20 heavy (non-hydrogen) atoms. The van der Waals surface area contributed by atoms with Gasteiger partial charge in [0.05, 0.1) is 19.0 Å². The first kappa shape index (κ1) is 19.8. The lowest BCUT2D eigenvalue weighted by molar-refractivity contribution is 0.0689. The summed E-state index contributed by atoms with van der Waals surface area (Å²) >= 11 is 0. The molecule has 0 aromatic heterocycles. The zero-order valence-electron chi connectivity index (χ0n) is 13.0. The van der Waals surface area contributed by atoms with Gasteiger partial charge in [-0.2, -0.15) is 0 Å². The average molecular weight is 310 g/mol. The minimum absolute atomic E-state index is 0.178. The summed E-state index contributed by atoms with van der Waals surface area (Å²) in [5.41, 5.74) is 0. The van der Waals surface area contributed by atoms with Crippen molar-refractivity contribution in [3.05, 3.63) is 0 Å². The van der Waals surface area contributed by atoms with Crippen LogP contribution in [0.3, 0.4) is 0 Å². The van der Waals surface area contributed by atoms with Gasteiger partial charge in [-0.1, -0.05) is 13.8 Å². The van der Waals surface area contributed by atoms with Crippen LogP contribution in [0.4, 0.5) is 0 Å². The van der Waals surface area contributed by atoms with Crippen molar-refractivity contribution < 1.29 is 17.9 Å². The van der Waals surface area contributed by atoms with Crippen molar-refractivity contribution in [2.24, 2.45) is 0 Å². The summed E-state index contributed by atoms with van der Waals surface area (Å²) in [5.74, 6) is 0.178. The first-order valence-electron chi connectivity index (χ1n) is 7.25. The predicted octanol–water partition coefficient (Wildman–Crippen LogP) is 0.737. The normalized spacial score (nSPS) is 12.2. The molecule has 0 aliphatic heterocycles. The summed E-state index contributed by atoms with van der Waals surface area (Å²) in [6.45, 7) is 7.12. The second-order valence-corrected chi connectivity index (χ2v) is 6.91. The van der Waals surface area contributed by atoms with Gasteiger partial charge < -0.3 is 14.8 Å². The molecule has 122 valence electrons. The van der Waals surface area contributed by atoms with Gasteiger partial charge in [-0.05, 0) is 25.8 Å². The van der Waals surface area contributed by atoms with E-state index in [0.29, 0.717) is 38.8 Å². The molecule has 0 aliphatic rings. The molecule has 0 unspecified atom stereocenters. The Hall–Kier alpha value is -0.210. The highest BCUT2D eigenvalue weighted by atomic mass is 32.2. The monoisotopic (exact) mass is 310 g/mol. The van der Waals surface area contributed by atoms with Crippen LogP contribution < -0.4 is 10.0 Å². The third kappa shape index (κ3) is 14.2. The van der Waals surface area contributed by atoms with E-state index >= 15 is 0 Å². The van der Waals surface area contributed by atoms with E-state index in [1.165, 1.54) is 0 Å². The van der Waals surface area contributed by atoms with Crippen molar-refractivity contribution in [2.75, 3.05) is 45.8 Å². The van der Waals surface area contributed by atoms with E-state index in [0.717, 1.165) is 19.4 Å². The van der Waals surface area contributed by atoms with Gasteiger partial charge in [-0.3, -0.25) is 0 Å². The van der Waals surface area contributed by atoms with Crippen LogP contribution in [0, 0.1) is 0 Å². The van der Waals surface area contributed by atoms with E-state index in [4.69, 9.17) is 9.47 Å². The van der Waals surface area contributed by atoms with E-state index in [1.54, 1.807) is 7.11 Å². The van der Waals surface area contributed by atoms with Crippen molar-refractivity contribution in [3.63, 3.8) is 0 Å². The van der Waals surface area contributed by atoms with Crippen molar-refractivity contribution in [2.45, 2.75) is 39.2 Å². The molecule has 0 saturated carbocycles. The zero-order chi connectivity index (χ0) is 15.3.